The Morgan fingerprint density at radius 2 is 2.11 bits per heavy atom. The van der Waals surface area contributed by atoms with Crippen LogP contribution in [0.25, 0.3) is 0 Å². The summed E-state index contributed by atoms with van der Waals surface area (Å²) < 4.78 is 0. The van der Waals surface area contributed by atoms with Gasteiger partial charge in [-0.3, -0.25) is 4.79 Å². The molecule has 1 N–H and O–H groups in total. The molecule has 0 aromatic carbocycles. The van der Waals surface area contributed by atoms with E-state index in [9.17, 15) is 4.79 Å². The molecule has 102 valence electrons. The van der Waals surface area contributed by atoms with E-state index in [0.29, 0.717) is 0 Å². The lowest BCUT2D eigenvalue weighted by atomic mass is 10.2. The van der Waals surface area contributed by atoms with Crippen LogP contribution in [0, 0.1) is 0 Å². The molecule has 0 radical (unpaired) electrons. The molecule has 1 heterocycles. The van der Waals surface area contributed by atoms with Gasteiger partial charge in [0, 0.05) is 17.5 Å². The third-order valence-electron chi connectivity index (χ3n) is 2.57. The first-order chi connectivity index (χ1) is 8.76. The van der Waals surface area contributed by atoms with Crippen LogP contribution in [0.1, 0.15) is 44.7 Å². The van der Waals surface area contributed by atoms with Gasteiger partial charge in [-0.15, -0.1) is 0 Å². The van der Waals surface area contributed by atoms with Crippen LogP contribution in [0.4, 0.5) is 0 Å². The lowest BCUT2D eigenvalue weighted by Gasteiger charge is -2.03. The van der Waals surface area contributed by atoms with Crippen molar-refractivity contribution < 1.29 is 0 Å². The summed E-state index contributed by atoms with van der Waals surface area (Å²) in [6.07, 6.45) is 6.72. The molecule has 0 bridgehead atoms. The number of rotatable bonds is 9. The highest BCUT2D eigenvalue weighted by molar-refractivity contribution is 7.99. The van der Waals surface area contributed by atoms with Gasteiger partial charge in [-0.1, -0.05) is 37.9 Å². The van der Waals surface area contributed by atoms with E-state index in [1.54, 1.807) is 17.8 Å². The summed E-state index contributed by atoms with van der Waals surface area (Å²) in [6, 6.07) is 1.60. The summed E-state index contributed by atoms with van der Waals surface area (Å²) in [5.41, 5.74) is 0.866. The van der Waals surface area contributed by atoms with E-state index in [4.69, 9.17) is 0 Å². The standard InChI is InChI=1S/C13H22N2OS2/c1-2-7-11-10-12(16)15-13(14-11)18-9-6-4-3-5-8-17/h10,17H,2-9H2,1H3,(H,14,15,16). The van der Waals surface area contributed by atoms with E-state index >= 15 is 0 Å². The minimum atomic E-state index is -0.0361. The summed E-state index contributed by atoms with van der Waals surface area (Å²) in [4.78, 5) is 18.7. The van der Waals surface area contributed by atoms with Crippen molar-refractivity contribution in [2.24, 2.45) is 0 Å². The minimum Gasteiger partial charge on any atom is -0.301 e. The molecule has 0 aliphatic heterocycles. The zero-order valence-electron chi connectivity index (χ0n) is 10.9. The quantitative estimate of drug-likeness (QED) is 0.317. The molecular weight excluding hydrogens is 264 g/mol. The van der Waals surface area contributed by atoms with Crippen LogP contribution in [0.2, 0.25) is 0 Å². The van der Waals surface area contributed by atoms with E-state index in [1.165, 1.54) is 25.7 Å². The van der Waals surface area contributed by atoms with Crippen molar-refractivity contribution in [3.63, 3.8) is 0 Å². The van der Waals surface area contributed by atoms with Gasteiger partial charge in [-0.25, -0.2) is 4.98 Å². The van der Waals surface area contributed by atoms with E-state index < -0.39 is 0 Å². The lowest BCUT2D eigenvalue weighted by Crippen LogP contribution is -2.10. The molecule has 0 fully saturated rings. The maximum atomic E-state index is 11.4. The number of H-pyrrole nitrogens is 1. The molecule has 0 atom stereocenters. The van der Waals surface area contributed by atoms with Crippen LogP contribution in [0.15, 0.2) is 16.0 Å². The molecule has 1 aromatic rings. The van der Waals surface area contributed by atoms with Gasteiger partial charge >= 0.3 is 0 Å². The summed E-state index contributed by atoms with van der Waals surface area (Å²) in [5.74, 6) is 1.99. The van der Waals surface area contributed by atoms with Gasteiger partial charge in [0.15, 0.2) is 5.16 Å². The van der Waals surface area contributed by atoms with Crippen LogP contribution in [-0.4, -0.2) is 21.5 Å². The number of nitrogens with one attached hydrogen (secondary N) is 1. The first-order valence-corrected chi connectivity index (χ1v) is 8.22. The topological polar surface area (TPSA) is 45.8 Å². The molecule has 0 aliphatic rings. The molecule has 0 saturated heterocycles. The van der Waals surface area contributed by atoms with Crippen molar-refractivity contribution in [2.45, 2.75) is 50.6 Å². The van der Waals surface area contributed by atoms with Gasteiger partial charge in [0.1, 0.15) is 0 Å². The summed E-state index contributed by atoms with van der Waals surface area (Å²) in [6.45, 7) is 2.09. The van der Waals surface area contributed by atoms with Crippen molar-refractivity contribution in [3.05, 3.63) is 22.1 Å². The van der Waals surface area contributed by atoms with E-state index in [1.807, 2.05) is 0 Å². The first kappa shape index (κ1) is 15.6. The van der Waals surface area contributed by atoms with Crippen LogP contribution in [0.3, 0.4) is 0 Å². The molecule has 0 spiro atoms. The van der Waals surface area contributed by atoms with E-state index in [-0.39, 0.29) is 5.56 Å². The van der Waals surface area contributed by atoms with E-state index in [2.05, 4.69) is 29.5 Å². The summed E-state index contributed by atoms with van der Waals surface area (Å²) in [5, 5.41) is 0.764. The molecule has 5 heteroatoms. The highest BCUT2D eigenvalue weighted by Gasteiger charge is 2.01. The molecule has 3 nitrogen and oxygen atoms in total. The number of hydrogen-bond acceptors (Lipinski definition) is 4. The molecule has 1 aromatic heterocycles. The second kappa shape index (κ2) is 9.50. The smallest absolute Gasteiger partial charge is 0.251 e. The normalized spacial score (nSPS) is 10.8. The second-order valence-electron chi connectivity index (χ2n) is 4.28. The fourth-order valence-electron chi connectivity index (χ4n) is 1.67. The highest BCUT2D eigenvalue weighted by atomic mass is 32.2. The molecule has 0 aliphatic carbocycles. The third-order valence-corrected chi connectivity index (χ3v) is 3.85. The Morgan fingerprint density at radius 3 is 2.83 bits per heavy atom. The van der Waals surface area contributed by atoms with Gasteiger partial charge in [0.05, 0.1) is 0 Å². The maximum absolute atomic E-state index is 11.4. The van der Waals surface area contributed by atoms with Gasteiger partial charge in [-0.05, 0) is 25.0 Å². The number of thiol groups is 1. The molecular formula is C13H22N2OS2. The highest BCUT2D eigenvalue weighted by Crippen LogP contribution is 2.15. The lowest BCUT2D eigenvalue weighted by molar-refractivity contribution is 0.711. The fourth-order valence-corrected chi connectivity index (χ4v) is 2.79. The Kier molecular flexibility index (Phi) is 8.25. The SMILES string of the molecule is CCCc1cc(=O)[nH]c(SCCCCCCS)n1. The third kappa shape index (κ3) is 6.50. The maximum Gasteiger partial charge on any atom is 0.251 e. The van der Waals surface area contributed by atoms with Gasteiger partial charge in [-0.2, -0.15) is 12.6 Å². The van der Waals surface area contributed by atoms with Crippen molar-refractivity contribution in [1.82, 2.24) is 9.97 Å². The van der Waals surface area contributed by atoms with Crippen LogP contribution < -0.4 is 5.56 Å². The average Bonchev–Trinajstić information content (AvgIpc) is 2.33. The van der Waals surface area contributed by atoms with E-state index in [0.717, 1.165) is 35.2 Å². The van der Waals surface area contributed by atoms with Crippen LogP contribution >= 0.6 is 24.4 Å². The predicted molar refractivity (Wildman–Crippen MR) is 81.9 cm³/mol. The van der Waals surface area contributed by atoms with Crippen molar-refractivity contribution >= 4 is 24.4 Å². The van der Waals surface area contributed by atoms with Crippen LogP contribution in [-0.2, 0) is 6.42 Å². The Morgan fingerprint density at radius 1 is 1.33 bits per heavy atom. The van der Waals surface area contributed by atoms with Gasteiger partial charge in [0.25, 0.3) is 5.56 Å². The Hall–Kier alpha value is -0.420. The van der Waals surface area contributed by atoms with Gasteiger partial charge in [0.2, 0.25) is 0 Å². The number of aryl methyl sites for hydroxylation is 1. The Bertz CT molecular complexity index is 393. The molecule has 0 amide bonds. The largest absolute Gasteiger partial charge is 0.301 e. The minimum absolute atomic E-state index is 0.0361. The molecule has 1 rings (SSSR count). The molecule has 0 saturated carbocycles. The number of aromatic amines is 1. The van der Waals surface area contributed by atoms with Gasteiger partial charge < -0.3 is 4.98 Å². The van der Waals surface area contributed by atoms with Crippen LogP contribution in [0.5, 0.6) is 0 Å². The second-order valence-corrected chi connectivity index (χ2v) is 5.81. The average molecular weight is 286 g/mol. The first-order valence-electron chi connectivity index (χ1n) is 6.60. The van der Waals surface area contributed by atoms with Crippen molar-refractivity contribution in [3.8, 4) is 0 Å². The molecule has 0 unspecified atom stereocenters. The zero-order chi connectivity index (χ0) is 13.2. The Labute approximate surface area is 119 Å². The zero-order valence-corrected chi connectivity index (χ0v) is 12.7. The summed E-state index contributed by atoms with van der Waals surface area (Å²) >= 11 is 5.84. The van der Waals surface area contributed by atoms with Crippen molar-refractivity contribution in [1.29, 1.82) is 0 Å². The number of aromatic nitrogens is 2. The molecule has 18 heavy (non-hydrogen) atoms. The monoisotopic (exact) mass is 286 g/mol. The number of hydrogen-bond donors (Lipinski definition) is 2. The van der Waals surface area contributed by atoms with Crippen molar-refractivity contribution in [2.75, 3.05) is 11.5 Å². The summed E-state index contributed by atoms with van der Waals surface area (Å²) in [7, 11) is 0. The Balaban J connectivity index is 2.35. The number of thioether (sulfide) groups is 1. The number of unbranched alkanes of at least 4 members (excludes halogenated alkanes) is 3. The fraction of sp³-hybridized carbons (Fsp3) is 0.692. The number of nitrogens with zero attached hydrogens (tertiary/aromatic N) is 1. The predicted octanol–water partition coefficient (Wildman–Crippen LogP) is 3.30.